The maximum absolute atomic E-state index is 12.3. The first kappa shape index (κ1) is 19.8. The number of rotatable bonds is 7. The molecule has 0 aliphatic heterocycles. The molecule has 1 heterocycles. The molecule has 1 aliphatic rings. The lowest BCUT2D eigenvalue weighted by molar-refractivity contribution is -0.122. The van der Waals surface area contributed by atoms with E-state index in [0.29, 0.717) is 35.9 Å². The number of carbonyl (C=O) groups excluding carboxylic acids is 2. The molecule has 1 saturated carbocycles. The molecular formula is C23H24N4O3. The van der Waals surface area contributed by atoms with Gasteiger partial charge in [-0.05, 0) is 44.0 Å². The van der Waals surface area contributed by atoms with Crippen molar-refractivity contribution in [2.45, 2.75) is 32.6 Å². The van der Waals surface area contributed by atoms with Crippen LogP contribution in [0.4, 0.5) is 5.69 Å². The van der Waals surface area contributed by atoms with Gasteiger partial charge in [0.25, 0.3) is 5.91 Å². The van der Waals surface area contributed by atoms with Gasteiger partial charge in [0.2, 0.25) is 17.6 Å². The van der Waals surface area contributed by atoms with Crippen molar-refractivity contribution in [3.8, 4) is 11.4 Å². The number of hydrogen-bond acceptors (Lipinski definition) is 5. The van der Waals surface area contributed by atoms with Crippen LogP contribution >= 0.6 is 0 Å². The molecule has 1 aliphatic carbocycles. The Balaban J connectivity index is 1.25. The Hall–Kier alpha value is -3.48. The van der Waals surface area contributed by atoms with E-state index in [2.05, 4.69) is 20.8 Å². The third-order valence-corrected chi connectivity index (χ3v) is 5.29. The minimum Gasteiger partial charge on any atom is -0.352 e. The maximum atomic E-state index is 12.3. The zero-order chi connectivity index (χ0) is 20.9. The molecule has 2 N–H and O–H groups in total. The molecule has 3 aromatic rings. The van der Waals surface area contributed by atoms with Gasteiger partial charge < -0.3 is 15.2 Å². The van der Waals surface area contributed by atoms with Crippen LogP contribution in [-0.2, 0) is 11.2 Å². The molecule has 4 rings (SSSR count). The molecule has 30 heavy (non-hydrogen) atoms. The molecule has 7 heteroatoms. The van der Waals surface area contributed by atoms with Crippen LogP contribution in [0.1, 0.15) is 41.1 Å². The number of amides is 2. The molecule has 0 spiro atoms. The summed E-state index contributed by atoms with van der Waals surface area (Å²) in [6.07, 6.45) is 3.48. The quantitative estimate of drug-likeness (QED) is 0.625. The van der Waals surface area contributed by atoms with Gasteiger partial charge in [0.1, 0.15) is 0 Å². The van der Waals surface area contributed by atoms with Gasteiger partial charge in [0, 0.05) is 35.7 Å². The van der Waals surface area contributed by atoms with Gasteiger partial charge in [-0.15, -0.1) is 0 Å². The molecule has 0 bridgehead atoms. The Morgan fingerprint density at radius 3 is 2.47 bits per heavy atom. The van der Waals surface area contributed by atoms with Gasteiger partial charge in [-0.1, -0.05) is 41.4 Å². The van der Waals surface area contributed by atoms with Crippen molar-refractivity contribution in [3.05, 3.63) is 65.5 Å². The number of carbonyl (C=O) groups is 2. The van der Waals surface area contributed by atoms with E-state index in [0.717, 1.165) is 24.8 Å². The third kappa shape index (κ3) is 4.74. The number of anilines is 1. The van der Waals surface area contributed by atoms with Gasteiger partial charge >= 0.3 is 0 Å². The first-order valence-electron chi connectivity index (χ1n) is 10.2. The fourth-order valence-electron chi connectivity index (χ4n) is 3.18. The monoisotopic (exact) mass is 404 g/mol. The van der Waals surface area contributed by atoms with Crippen LogP contribution in [0.2, 0.25) is 0 Å². The minimum absolute atomic E-state index is 0.0583. The second-order valence-electron chi connectivity index (χ2n) is 7.58. The summed E-state index contributed by atoms with van der Waals surface area (Å²) in [4.78, 5) is 28.7. The lowest BCUT2D eigenvalue weighted by Crippen LogP contribution is -2.28. The average molecular weight is 404 g/mol. The fraction of sp³-hybridized carbons (Fsp3) is 0.304. The molecule has 1 fully saturated rings. The van der Waals surface area contributed by atoms with E-state index in [1.807, 2.05) is 31.2 Å². The average Bonchev–Trinajstić information content (AvgIpc) is 3.16. The van der Waals surface area contributed by atoms with Gasteiger partial charge in [-0.2, -0.15) is 4.98 Å². The summed E-state index contributed by atoms with van der Waals surface area (Å²) in [5.41, 5.74) is 3.29. The van der Waals surface area contributed by atoms with Crippen molar-refractivity contribution < 1.29 is 14.1 Å². The van der Waals surface area contributed by atoms with Gasteiger partial charge in [0.15, 0.2) is 0 Å². The predicted octanol–water partition coefficient (Wildman–Crippen LogP) is 3.76. The van der Waals surface area contributed by atoms with Crippen molar-refractivity contribution in [2.75, 3.05) is 11.9 Å². The van der Waals surface area contributed by atoms with Crippen molar-refractivity contribution in [1.82, 2.24) is 15.5 Å². The van der Waals surface area contributed by atoms with E-state index in [1.54, 1.807) is 24.3 Å². The summed E-state index contributed by atoms with van der Waals surface area (Å²) in [5, 5.41) is 9.74. The molecule has 2 aromatic carbocycles. The van der Waals surface area contributed by atoms with E-state index in [9.17, 15) is 9.59 Å². The second kappa shape index (κ2) is 8.90. The summed E-state index contributed by atoms with van der Waals surface area (Å²) in [7, 11) is 0. The zero-order valence-electron chi connectivity index (χ0n) is 16.9. The number of benzene rings is 2. The molecule has 0 saturated heterocycles. The highest BCUT2D eigenvalue weighted by atomic mass is 16.5. The second-order valence-corrected chi connectivity index (χ2v) is 7.58. The third-order valence-electron chi connectivity index (χ3n) is 5.29. The summed E-state index contributed by atoms with van der Waals surface area (Å²) in [6.45, 7) is 2.40. The van der Waals surface area contributed by atoms with Crippen LogP contribution in [0.15, 0.2) is 53.1 Å². The van der Waals surface area contributed by atoms with Crippen LogP contribution in [0, 0.1) is 12.8 Å². The minimum atomic E-state index is -0.190. The van der Waals surface area contributed by atoms with E-state index in [1.165, 1.54) is 5.56 Å². The summed E-state index contributed by atoms with van der Waals surface area (Å²) < 4.78 is 5.27. The number of nitrogens with one attached hydrogen (secondary N) is 2. The van der Waals surface area contributed by atoms with Crippen LogP contribution in [0.3, 0.4) is 0 Å². The summed E-state index contributed by atoms with van der Waals surface area (Å²) >= 11 is 0. The highest BCUT2D eigenvalue weighted by Crippen LogP contribution is 2.27. The molecule has 0 unspecified atom stereocenters. The Labute approximate surface area is 174 Å². The Bertz CT molecular complexity index is 1020. The number of aromatic nitrogens is 2. The van der Waals surface area contributed by atoms with Gasteiger partial charge in [-0.3, -0.25) is 9.59 Å². The molecule has 7 nitrogen and oxygen atoms in total. The fourth-order valence-corrected chi connectivity index (χ4v) is 3.18. The molecule has 1 aromatic heterocycles. The highest BCUT2D eigenvalue weighted by Gasteiger charge is 2.25. The largest absolute Gasteiger partial charge is 0.352 e. The van der Waals surface area contributed by atoms with E-state index in [4.69, 9.17) is 4.52 Å². The summed E-state index contributed by atoms with van der Waals surface area (Å²) in [6, 6.07) is 14.8. The van der Waals surface area contributed by atoms with E-state index >= 15 is 0 Å². The first-order valence-corrected chi connectivity index (χ1v) is 10.2. The van der Waals surface area contributed by atoms with Gasteiger partial charge in [-0.25, -0.2) is 0 Å². The first-order chi connectivity index (χ1) is 14.6. The van der Waals surface area contributed by atoms with Gasteiger partial charge in [0.05, 0.1) is 0 Å². The Kier molecular flexibility index (Phi) is 5.88. The van der Waals surface area contributed by atoms with Crippen LogP contribution in [0.25, 0.3) is 11.4 Å². The molecule has 0 atom stereocenters. The van der Waals surface area contributed by atoms with Crippen molar-refractivity contribution in [3.63, 3.8) is 0 Å². The van der Waals surface area contributed by atoms with E-state index in [-0.39, 0.29) is 17.7 Å². The van der Waals surface area contributed by atoms with Crippen molar-refractivity contribution in [2.24, 2.45) is 5.92 Å². The van der Waals surface area contributed by atoms with E-state index < -0.39 is 0 Å². The van der Waals surface area contributed by atoms with Crippen molar-refractivity contribution >= 4 is 17.5 Å². The van der Waals surface area contributed by atoms with Crippen LogP contribution in [-0.4, -0.2) is 28.5 Å². The highest BCUT2D eigenvalue weighted by molar-refractivity contribution is 5.96. The topological polar surface area (TPSA) is 97.1 Å². The Morgan fingerprint density at radius 1 is 1.07 bits per heavy atom. The predicted molar refractivity (Wildman–Crippen MR) is 113 cm³/mol. The standard InChI is InChI=1S/C23H24N4O3/c1-15-5-7-16(8-6-15)21-26-20(30-27-21)13-14-24-22(28)18-9-11-19(12-10-18)25-23(29)17-3-2-4-17/h5-12,17H,2-4,13-14H2,1H3,(H,24,28)(H,25,29). The van der Waals surface area contributed by atoms with Crippen LogP contribution in [0.5, 0.6) is 0 Å². The SMILES string of the molecule is Cc1ccc(-c2noc(CCNC(=O)c3ccc(NC(=O)C4CCC4)cc3)n2)cc1. The van der Waals surface area contributed by atoms with Crippen molar-refractivity contribution in [1.29, 1.82) is 0 Å². The lowest BCUT2D eigenvalue weighted by atomic mass is 9.85. The normalized spacial score (nSPS) is 13.5. The summed E-state index contributed by atoms with van der Waals surface area (Å²) in [5.74, 6) is 1.01. The molecule has 154 valence electrons. The maximum Gasteiger partial charge on any atom is 0.251 e. The van der Waals surface area contributed by atoms with Crippen LogP contribution < -0.4 is 10.6 Å². The molecule has 2 amide bonds. The molecular weight excluding hydrogens is 380 g/mol. The smallest absolute Gasteiger partial charge is 0.251 e. The lowest BCUT2D eigenvalue weighted by Gasteiger charge is -2.24. The number of hydrogen-bond donors (Lipinski definition) is 2. The molecule has 0 radical (unpaired) electrons. The number of aryl methyl sites for hydroxylation is 1. The Morgan fingerprint density at radius 2 is 1.80 bits per heavy atom. The number of nitrogens with zero attached hydrogens (tertiary/aromatic N) is 2. The zero-order valence-corrected chi connectivity index (χ0v) is 16.9.